The lowest BCUT2D eigenvalue weighted by Gasteiger charge is -2.46. The minimum absolute atomic E-state index is 0. The zero-order valence-electron chi connectivity index (χ0n) is 17.3. The number of hydrogen-bond donors (Lipinski definition) is 0. The molecule has 0 radical (unpaired) electrons. The quantitative estimate of drug-likeness (QED) is 0.520. The van der Waals surface area contributed by atoms with Crippen LogP contribution in [0.3, 0.4) is 0 Å². The second kappa shape index (κ2) is 7.44. The molecule has 0 N–H and O–H groups in total. The number of para-hydroxylation sites is 1. The van der Waals surface area contributed by atoms with Gasteiger partial charge in [0.2, 0.25) is 5.72 Å². The largest absolute Gasteiger partial charge is 1.00 e. The van der Waals surface area contributed by atoms with Gasteiger partial charge in [0.05, 0.1) is 11.0 Å². The Morgan fingerprint density at radius 1 is 1.03 bits per heavy atom. The van der Waals surface area contributed by atoms with Crippen LogP contribution >= 0.6 is 11.6 Å². The Kier molecular flexibility index (Phi) is 5.19. The summed E-state index contributed by atoms with van der Waals surface area (Å²) in [5.74, 6) is 0.949. The van der Waals surface area contributed by atoms with Crippen molar-refractivity contribution >= 4 is 23.4 Å². The van der Waals surface area contributed by atoms with Gasteiger partial charge >= 0.3 is 0 Å². The number of hydrogen-bond acceptors (Lipinski definition) is 2. The molecule has 3 heterocycles. The number of pyridine rings is 1. The Balaban J connectivity index is 0.00000218. The predicted octanol–water partition coefficient (Wildman–Crippen LogP) is 2.21. The molecule has 1 aromatic heterocycles. The number of benzene rings is 2. The van der Waals surface area contributed by atoms with Gasteiger partial charge in [-0.1, -0.05) is 29.8 Å². The van der Waals surface area contributed by atoms with Crippen LogP contribution in [0.25, 0.3) is 6.08 Å². The summed E-state index contributed by atoms with van der Waals surface area (Å²) in [6.45, 7) is 5.22. The second-order valence-electron chi connectivity index (χ2n) is 8.36. The molecule has 0 bridgehead atoms. The van der Waals surface area contributed by atoms with E-state index in [1.165, 1.54) is 11.1 Å². The first-order valence-electron chi connectivity index (χ1n) is 9.90. The molecule has 154 valence electrons. The molecule has 5 rings (SSSR count). The lowest BCUT2D eigenvalue weighted by atomic mass is 9.76. The minimum Gasteiger partial charge on any atom is -1.00 e. The topological polar surface area (TPSA) is 16.4 Å². The summed E-state index contributed by atoms with van der Waals surface area (Å²) in [6, 6.07) is 18.6. The van der Waals surface area contributed by atoms with E-state index in [9.17, 15) is 0 Å². The summed E-state index contributed by atoms with van der Waals surface area (Å²) in [4.78, 5) is 2.24. The molecule has 2 aliphatic rings. The number of fused-ring (bicyclic) bond motifs is 2. The number of anilines is 1. The predicted molar refractivity (Wildman–Crippen MR) is 117 cm³/mol. The maximum atomic E-state index is 6.92. The molecule has 0 fully saturated rings. The molecule has 1 atom stereocenters. The van der Waals surface area contributed by atoms with Gasteiger partial charge in [-0.25, -0.2) is 4.57 Å². The fourth-order valence-electron chi connectivity index (χ4n) is 4.72. The van der Waals surface area contributed by atoms with Crippen LogP contribution in [0.15, 0.2) is 73.1 Å². The first-order valence-corrected chi connectivity index (χ1v) is 10.3. The molecule has 1 spiro atoms. The van der Waals surface area contributed by atoms with Gasteiger partial charge in [0, 0.05) is 35.5 Å². The van der Waals surface area contributed by atoms with Gasteiger partial charge in [-0.15, -0.1) is 0 Å². The molecule has 2 aromatic carbocycles. The highest BCUT2D eigenvalue weighted by Gasteiger charge is 2.57. The maximum Gasteiger partial charge on any atom is 0.211 e. The highest BCUT2D eigenvalue weighted by Crippen LogP contribution is 2.55. The normalized spacial score (nSPS) is 20.3. The Morgan fingerprint density at radius 2 is 1.80 bits per heavy atom. The average Bonchev–Trinajstić information content (AvgIpc) is 2.87. The van der Waals surface area contributed by atoms with Gasteiger partial charge in [0.25, 0.3) is 0 Å². The molecule has 3 aromatic rings. The molecule has 0 aliphatic carbocycles. The molecule has 0 amide bonds. The molecule has 5 heteroatoms. The molecular weight excluding hydrogens is 460 g/mol. The van der Waals surface area contributed by atoms with Crippen molar-refractivity contribution in [1.29, 1.82) is 0 Å². The highest BCUT2D eigenvalue weighted by molar-refractivity contribution is 6.30. The average molecular weight is 484 g/mol. The third kappa shape index (κ3) is 2.97. The lowest BCUT2D eigenvalue weighted by molar-refractivity contribution is -0.688. The van der Waals surface area contributed by atoms with Crippen LogP contribution < -0.4 is 31.2 Å². The van der Waals surface area contributed by atoms with Crippen LogP contribution in [0, 0.1) is 0 Å². The third-order valence-electron chi connectivity index (χ3n) is 6.39. The zero-order chi connectivity index (χ0) is 20.2. The summed E-state index contributed by atoms with van der Waals surface area (Å²) >= 11 is 6.34. The summed E-state index contributed by atoms with van der Waals surface area (Å²) in [5, 5.41) is 0.753. The molecule has 1 unspecified atom stereocenters. The molecule has 0 saturated heterocycles. The van der Waals surface area contributed by atoms with E-state index < -0.39 is 5.72 Å². The van der Waals surface area contributed by atoms with E-state index in [1.54, 1.807) is 0 Å². The second-order valence-corrected chi connectivity index (χ2v) is 8.80. The first-order chi connectivity index (χ1) is 13.9. The number of nitrogens with zero attached hydrogens (tertiary/aromatic N) is 2. The van der Waals surface area contributed by atoms with E-state index in [-0.39, 0.29) is 22.4 Å². The number of likely N-dealkylation sites (N-methyl/N-ethyl adjacent to an activating group) is 1. The summed E-state index contributed by atoms with van der Waals surface area (Å²) < 4.78 is 9.09. The molecule has 3 nitrogen and oxygen atoms in total. The van der Waals surface area contributed by atoms with Crippen molar-refractivity contribution in [3.8, 4) is 5.75 Å². The van der Waals surface area contributed by atoms with Crippen LogP contribution in [0.2, 0.25) is 5.02 Å². The van der Waals surface area contributed by atoms with Gasteiger partial charge < -0.3 is 26.6 Å². The van der Waals surface area contributed by atoms with Crippen LogP contribution in [0.1, 0.15) is 30.5 Å². The Hall–Kier alpha value is -2.30. The number of halogens is 2. The van der Waals surface area contributed by atoms with E-state index in [0.717, 1.165) is 28.6 Å². The maximum absolute atomic E-state index is 6.92. The van der Waals surface area contributed by atoms with Crippen molar-refractivity contribution in [2.45, 2.75) is 31.5 Å². The minimum atomic E-state index is -0.607. The Labute approximate surface area is 193 Å². The smallest absolute Gasteiger partial charge is 0.211 e. The van der Waals surface area contributed by atoms with Crippen molar-refractivity contribution < 1.29 is 26.3 Å². The van der Waals surface area contributed by atoms with Gasteiger partial charge in [0.15, 0.2) is 18.9 Å². The number of aromatic nitrogens is 1. The van der Waals surface area contributed by atoms with Gasteiger partial charge in [-0.2, -0.15) is 0 Å². The van der Waals surface area contributed by atoms with Gasteiger partial charge in [-0.3, -0.25) is 0 Å². The van der Waals surface area contributed by atoms with E-state index in [4.69, 9.17) is 16.3 Å². The Bertz CT molecular complexity index is 1130. The summed E-state index contributed by atoms with van der Waals surface area (Å²) in [5.41, 5.74) is 3.76. The molecule has 0 saturated carbocycles. The SMILES string of the molecule is CN1c2ccc(Cl)cc2C(C)(C)C12C=Cc1cccc(C[n+]3ccccc3)c1O2.[Br-]. The van der Waals surface area contributed by atoms with E-state index in [0.29, 0.717) is 0 Å². The van der Waals surface area contributed by atoms with Crippen molar-refractivity contribution in [2.75, 3.05) is 11.9 Å². The van der Waals surface area contributed by atoms with Crippen molar-refractivity contribution in [3.05, 3.63) is 94.8 Å². The van der Waals surface area contributed by atoms with Crippen LogP contribution in [0.4, 0.5) is 5.69 Å². The molecule has 30 heavy (non-hydrogen) atoms. The van der Waals surface area contributed by atoms with Crippen molar-refractivity contribution in [3.63, 3.8) is 0 Å². The van der Waals surface area contributed by atoms with Crippen LogP contribution in [-0.2, 0) is 12.0 Å². The van der Waals surface area contributed by atoms with Crippen molar-refractivity contribution in [2.24, 2.45) is 0 Å². The van der Waals surface area contributed by atoms with Gasteiger partial charge in [-0.05, 0) is 55.8 Å². The summed E-state index contributed by atoms with van der Waals surface area (Å²) in [6.07, 6.45) is 8.56. The van der Waals surface area contributed by atoms with Crippen LogP contribution in [0.5, 0.6) is 5.75 Å². The van der Waals surface area contributed by atoms with Gasteiger partial charge in [0.1, 0.15) is 5.75 Å². The van der Waals surface area contributed by atoms with E-state index >= 15 is 0 Å². The number of rotatable bonds is 2. The third-order valence-corrected chi connectivity index (χ3v) is 6.63. The zero-order valence-corrected chi connectivity index (χ0v) is 19.6. The summed E-state index contributed by atoms with van der Waals surface area (Å²) in [7, 11) is 2.10. The lowest BCUT2D eigenvalue weighted by Crippen LogP contribution is -3.00. The van der Waals surface area contributed by atoms with E-state index in [1.807, 2.05) is 24.3 Å². The highest BCUT2D eigenvalue weighted by atomic mass is 79.9. The monoisotopic (exact) mass is 482 g/mol. The fraction of sp³-hybridized carbons (Fsp3) is 0.240. The molecular formula is C25H24BrClN2O. The number of ether oxygens (including phenoxy) is 1. The van der Waals surface area contributed by atoms with E-state index in [2.05, 4.69) is 85.2 Å². The van der Waals surface area contributed by atoms with Crippen LogP contribution in [-0.4, -0.2) is 12.8 Å². The first kappa shape index (κ1) is 21.0. The standard InChI is InChI=1S/C25H24ClN2O.BrH/c1-24(2)21-16-20(26)10-11-22(21)27(3)25(24)13-12-18-8-7-9-19(23(18)29-25)17-28-14-5-4-6-15-28;/h4-16H,17H2,1-3H3;1H/q+1;/p-1. The van der Waals surface area contributed by atoms with Crippen molar-refractivity contribution in [1.82, 2.24) is 0 Å². The fourth-order valence-corrected chi connectivity index (χ4v) is 4.89. The Morgan fingerprint density at radius 3 is 2.57 bits per heavy atom. The molecule has 2 aliphatic heterocycles.